The van der Waals surface area contributed by atoms with Gasteiger partial charge >= 0.3 is 0 Å². The van der Waals surface area contributed by atoms with Crippen LogP contribution in [0.25, 0.3) is 0 Å². The highest BCUT2D eigenvalue weighted by atomic mass is 19.1. The van der Waals surface area contributed by atoms with Crippen molar-refractivity contribution in [3.8, 4) is 0 Å². The predicted molar refractivity (Wildman–Crippen MR) is 75.9 cm³/mol. The molecule has 0 spiro atoms. The lowest BCUT2D eigenvalue weighted by Gasteiger charge is -2.17. The number of hydrogen-bond acceptors (Lipinski definition) is 2. The van der Waals surface area contributed by atoms with E-state index in [1.807, 2.05) is 36.2 Å². The summed E-state index contributed by atoms with van der Waals surface area (Å²) in [5.74, 6) is -1.05. The Hall–Kier alpha value is -1.78. The predicted octanol–water partition coefficient (Wildman–Crippen LogP) is 3.06. The fourth-order valence-corrected chi connectivity index (χ4v) is 2.09. The Morgan fingerprint density at radius 3 is 2.20 bits per heavy atom. The number of halogens is 2. The van der Waals surface area contributed by atoms with E-state index >= 15 is 0 Å². The van der Waals surface area contributed by atoms with Crippen molar-refractivity contribution in [2.24, 2.45) is 5.73 Å². The number of rotatable bonds is 5. The lowest BCUT2D eigenvalue weighted by atomic mass is 10.1. The van der Waals surface area contributed by atoms with Crippen molar-refractivity contribution >= 4 is 0 Å². The van der Waals surface area contributed by atoms with Crippen LogP contribution in [0, 0.1) is 11.6 Å². The SMILES string of the molecule is CN(Cc1ccc(CN)cc1)Cc1ccc(F)cc1F. The molecule has 0 aliphatic heterocycles. The summed E-state index contributed by atoms with van der Waals surface area (Å²) < 4.78 is 26.4. The van der Waals surface area contributed by atoms with Gasteiger partial charge in [0.1, 0.15) is 11.6 Å². The van der Waals surface area contributed by atoms with Gasteiger partial charge in [-0.15, -0.1) is 0 Å². The average Bonchev–Trinajstić information content (AvgIpc) is 2.43. The fourth-order valence-electron chi connectivity index (χ4n) is 2.09. The zero-order valence-electron chi connectivity index (χ0n) is 11.4. The topological polar surface area (TPSA) is 29.3 Å². The largest absolute Gasteiger partial charge is 0.326 e. The van der Waals surface area contributed by atoms with Crippen LogP contribution in [0.3, 0.4) is 0 Å². The van der Waals surface area contributed by atoms with Gasteiger partial charge in [0, 0.05) is 31.3 Å². The van der Waals surface area contributed by atoms with E-state index in [9.17, 15) is 8.78 Å². The van der Waals surface area contributed by atoms with E-state index in [1.54, 1.807) is 0 Å². The van der Waals surface area contributed by atoms with Crippen molar-refractivity contribution in [3.63, 3.8) is 0 Å². The maximum atomic E-state index is 13.6. The third-order valence-electron chi connectivity index (χ3n) is 3.17. The Balaban J connectivity index is 1.99. The van der Waals surface area contributed by atoms with Crippen LogP contribution >= 0.6 is 0 Å². The zero-order chi connectivity index (χ0) is 14.5. The molecular formula is C16H18F2N2. The molecule has 0 saturated carbocycles. The van der Waals surface area contributed by atoms with Gasteiger partial charge in [-0.2, -0.15) is 0 Å². The van der Waals surface area contributed by atoms with E-state index in [2.05, 4.69) is 0 Å². The van der Waals surface area contributed by atoms with Crippen LogP contribution in [0.5, 0.6) is 0 Å². The highest BCUT2D eigenvalue weighted by Crippen LogP contribution is 2.13. The molecule has 0 unspecified atom stereocenters. The molecule has 2 N–H and O–H groups in total. The fraction of sp³-hybridized carbons (Fsp3) is 0.250. The third-order valence-corrected chi connectivity index (χ3v) is 3.17. The second-order valence-corrected chi connectivity index (χ2v) is 4.93. The van der Waals surface area contributed by atoms with Crippen molar-refractivity contribution in [2.45, 2.75) is 19.6 Å². The van der Waals surface area contributed by atoms with Gasteiger partial charge in [0.25, 0.3) is 0 Å². The summed E-state index contributed by atoms with van der Waals surface area (Å²) in [5, 5.41) is 0. The van der Waals surface area contributed by atoms with Gasteiger partial charge in [0.15, 0.2) is 0 Å². The standard InChI is InChI=1S/C16H18F2N2/c1-20(10-13-4-2-12(9-19)3-5-13)11-14-6-7-15(17)8-16(14)18/h2-8H,9-11,19H2,1H3. The van der Waals surface area contributed by atoms with Crippen LogP contribution < -0.4 is 5.73 Å². The van der Waals surface area contributed by atoms with Gasteiger partial charge < -0.3 is 5.73 Å². The normalized spacial score (nSPS) is 11.1. The molecular weight excluding hydrogens is 258 g/mol. The number of benzene rings is 2. The molecule has 0 aliphatic rings. The molecule has 2 aromatic rings. The molecule has 0 aliphatic carbocycles. The van der Waals surface area contributed by atoms with Gasteiger partial charge in [-0.25, -0.2) is 8.78 Å². The van der Waals surface area contributed by atoms with Crippen molar-refractivity contribution < 1.29 is 8.78 Å². The molecule has 0 atom stereocenters. The minimum Gasteiger partial charge on any atom is -0.326 e. The van der Waals surface area contributed by atoms with Crippen LogP contribution in [0.1, 0.15) is 16.7 Å². The van der Waals surface area contributed by atoms with Crippen molar-refractivity contribution in [1.82, 2.24) is 4.90 Å². The van der Waals surface area contributed by atoms with Crippen molar-refractivity contribution in [1.29, 1.82) is 0 Å². The summed E-state index contributed by atoms with van der Waals surface area (Å²) in [7, 11) is 1.90. The molecule has 20 heavy (non-hydrogen) atoms. The second kappa shape index (κ2) is 6.59. The maximum absolute atomic E-state index is 13.6. The Kier molecular flexibility index (Phi) is 4.82. The Labute approximate surface area is 117 Å². The Morgan fingerprint density at radius 2 is 1.60 bits per heavy atom. The number of nitrogens with two attached hydrogens (primary N) is 1. The summed E-state index contributed by atoms with van der Waals surface area (Å²) in [5.41, 5.74) is 8.26. The molecule has 0 amide bonds. The van der Waals surface area contributed by atoms with Gasteiger partial charge in [0.05, 0.1) is 0 Å². The molecule has 0 saturated heterocycles. The molecule has 0 fully saturated rings. The number of nitrogens with zero attached hydrogens (tertiary/aromatic N) is 1. The van der Waals surface area contributed by atoms with Crippen molar-refractivity contribution in [3.05, 3.63) is 70.8 Å². The summed E-state index contributed by atoms with van der Waals surface area (Å²) in [6, 6.07) is 11.7. The molecule has 0 bridgehead atoms. The molecule has 0 radical (unpaired) electrons. The summed E-state index contributed by atoms with van der Waals surface area (Å²) in [4.78, 5) is 1.98. The van der Waals surface area contributed by atoms with Crippen molar-refractivity contribution in [2.75, 3.05) is 7.05 Å². The average molecular weight is 276 g/mol. The van der Waals surface area contributed by atoms with Crippen LogP contribution in [-0.4, -0.2) is 11.9 Å². The molecule has 0 heterocycles. The summed E-state index contributed by atoms with van der Waals surface area (Å²) in [6.45, 7) is 1.66. The first-order chi connectivity index (χ1) is 9.58. The zero-order valence-corrected chi connectivity index (χ0v) is 11.4. The summed E-state index contributed by atoms with van der Waals surface area (Å²) in [6.07, 6.45) is 0. The monoisotopic (exact) mass is 276 g/mol. The van der Waals surface area contributed by atoms with Gasteiger partial charge in [-0.05, 0) is 24.2 Å². The van der Waals surface area contributed by atoms with Crippen LogP contribution in [0.2, 0.25) is 0 Å². The highest BCUT2D eigenvalue weighted by Gasteiger charge is 2.07. The maximum Gasteiger partial charge on any atom is 0.130 e. The lowest BCUT2D eigenvalue weighted by molar-refractivity contribution is 0.313. The minimum atomic E-state index is -0.550. The minimum absolute atomic E-state index is 0.435. The van der Waals surface area contributed by atoms with Crippen LogP contribution in [0.15, 0.2) is 42.5 Å². The molecule has 4 heteroatoms. The Morgan fingerprint density at radius 1 is 0.950 bits per heavy atom. The quantitative estimate of drug-likeness (QED) is 0.909. The van der Waals surface area contributed by atoms with E-state index in [0.29, 0.717) is 25.2 Å². The highest BCUT2D eigenvalue weighted by molar-refractivity contribution is 5.23. The summed E-state index contributed by atoms with van der Waals surface area (Å²) >= 11 is 0. The third kappa shape index (κ3) is 3.85. The lowest BCUT2D eigenvalue weighted by Crippen LogP contribution is -2.18. The second-order valence-electron chi connectivity index (χ2n) is 4.93. The van der Waals surface area contributed by atoms with E-state index in [-0.39, 0.29) is 0 Å². The molecule has 2 nitrogen and oxygen atoms in total. The molecule has 2 rings (SSSR count). The Bertz CT molecular complexity index is 567. The molecule has 2 aromatic carbocycles. The number of hydrogen-bond donors (Lipinski definition) is 1. The molecule has 0 aromatic heterocycles. The van der Waals surface area contributed by atoms with E-state index < -0.39 is 11.6 Å². The first-order valence-electron chi connectivity index (χ1n) is 6.49. The first-order valence-corrected chi connectivity index (χ1v) is 6.49. The van der Waals surface area contributed by atoms with E-state index in [4.69, 9.17) is 5.73 Å². The van der Waals surface area contributed by atoms with Crippen LogP contribution in [-0.2, 0) is 19.6 Å². The van der Waals surface area contributed by atoms with E-state index in [1.165, 1.54) is 12.1 Å². The van der Waals surface area contributed by atoms with Crippen LogP contribution in [0.4, 0.5) is 8.78 Å². The van der Waals surface area contributed by atoms with Gasteiger partial charge in [0.2, 0.25) is 0 Å². The van der Waals surface area contributed by atoms with Gasteiger partial charge in [-0.1, -0.05) is 30.3 Å². The molecule has 106 valence electrons. The van der Waals surface area contributed by atoms with E-state index in [0.717, 1.165) is 17.2 Å². The smallest absolute Gasteiger partial charge is 0.130 e. The first kappa shape index (κ1) is 14.6. The van der Waals surface area contributed by atoms with Gasteiger partial charge in [-0.3, -0.25) is 4.90 Å².